The van der Waals surface area contributed by atoms with Crippen molar-refractivity contribution in [2.75, 3.05) is 42.9 Å². The molecule has 158 valence electrons. The van der Waals surface area contributed by atoms with E-state index < -0.39 is 0 Å². The number of amides is 2. The first-order chi connectivity index (χ1) is 14.5. The minimum atomic E-state index is -0.205. The molecule has 2 aromatic rings. The maximum atomic E-state index is 13.9. The summed E-state index contributed by atoms with van der Waals surface area (Å²) in [6.07, 6.45) is 0.275. The van der Waals surface area contributed by atoms with Gasteiger partial charge in [-0.3, -0.25) is 19.4 Å². The summed E-state index contributed by atoms with van der Waals surface area (Å²) in [5.41, 5.74) is 2.13. The third-order valence-corrected chi connectivity index (χ3v) is 5.80. The number of rotatable bonds is 4. The number of piperazine rings is 1. The van der Waals surface area contributed by atoms with Gasteiger partial charge in [0.05, 0.1) is 17.9 Å². The molecule has 30 heavy (non-hydrogen) atoms. The number of halogens is 1. The minimum absolute atomic E-state index is 0.00555. The van der Waals surface area contributed by atoms with Gasteiger partial charge in [-0.05, 0) is 25.1 Å². The maximum Gasteiger partial charge on any atom is 0.241 e. The van der Waals surface area contributed by atoms with E-state index in [-0.39, 0.29) is 30.1 Å². The number of hydrogen-bond donors (Lipinski definition) is 1. The molecule has 0 radical (unpaired) electrons. The Morgan fingerprint density at radius 2 is 1.70 bits per heavy atom. The van der Waals surface area contributed by atoms with Crippen molar-refractivity contribution in [3.05, 3.63) is 59.9 Å². The lowest BCUT2D eigenvalue weighted by Gasteiger charge is -2.36. The summed E-state index contributed by atoms with van der Waals surface area (Å²) in [6, 6.07) is 14.1. The molecule has 1 saturated heterocycles. The molecule has 2 amide bonds. The van der Waals surface area contributed by atoms with E-state index in [1.807, 2.05) is 43.3 Å². The molecule has 2 aliphatic rings. The van der Waals surface area contributed by atoms with Crippen LogP contribution in [0.1, 0.15) is 18.9 Å². The zero-order chi connectivity index (χ0) is 21.1. The second kappa shape index (κ2) is 8.93. The third kappa shape index (κ3) is 4.52. The molecule has 4 rings (SSSR count). The predicted octanol–water partition coefficient (Wildman–Crippen LogP) is 2.71. The van der Waals surface area contributed by atoms with Gasteiger partial charge in [0, 0.05) is 50.7 Å². The van der Waals surface area contributed by atoms with E-state index in [9.17, 15) is 14.0 Å². The van der Waals surface area contributed by atoms with Crippen LogP contribution in [-0.2, 0) is 16.1 Å². The number of benzene rings is 2. The molecule has 6 nitrogen and oxygen atoms in total. The summed E-state index contributed by atoms with van der Waals surface area (Å²) in [5, 5.41) is 2.89. The number of carbonyl (C=O) groups is 2. The standard InChI is InChI=1S/C23H27FN4O2/c1-17-14-22(29)25-20-8-4-5-9-21(20)28(17)23(30)16-27-12-10-26(11-13-27)15-18-6-2-3-7-19(18)24/h2-9,17H,10-16H2,1H3,(H,25,29). The SMILES string of the molecule is CC1CC(=O)Nc2ccccc2N1C(=O)CN1CCN(Cc2ccccc2F)CC1. The number of nitrogens with one attached hydrogen (secondary N) is 1. The molecule has 1 unspecified atom stereocenters. The number of nitrogens with zero attached hydrogens (tertiary/aromatic N) is 3. The quantitative estimate of drug-likeness (QED) is 0.842. The number of carbonyl (C=O) groups excluding carboxylic acids is 2. The number of para-hydroxylation sites is 2. The molecule has 0 spiro atoms. The molecular weight excluding hydrogens is 383 g/mol. The van der Waals surface area contributed by atoms with Crippen LogP contribution in [0.5, 0.6) is 0 Å². The molecule has 2 aromatic carbocycles. The van der Waals surface area contributed by atoms with E-state index in [1.54, 1.807) is 11.0 Å². The van der Waals surface area contributed by atoms with Gasteiger partial charge in [0.25, 0.3) is 0 Å². The predicted molar refractivity (Wildman–Crippen MR) is 115 cm³/mol. The highest BCUT2D eigenvalue weighted by atomic mass is 19.1. The van der Waals surface area contributed by atoms with E-state index in [4.69, 9.17) is 0 Å². The van der Waals surface area contributed by atoms with Crippen LogP contribution in [0.4, 0.5) is 15.8 Å². The van der Waals surface area contributed by atoms with Crippen molar-refractivity contribution in [2.45, 2.75) is 25.9 Å². The smallest absolute Gasteiger partial charge is 0.241 e. The Hall–Kier alpha value is -2.77. The van der Waals surface area contributed by atoms with E-state index >= 15 is 0 Å². The second-order valence-corrected chi connectivity index (χ2v) is 8.03. The van der Waals surface area contributed by atoms with E-state index in [0.29, 0.717) is 24.3 Å². The zero-order valence-corrected chi connectivity index (χ0v) is 17.2. The Morgan fingerprint density at radius 3 is 2.47 bits per heavy atom. The summed E-state index contributed by atoms with van der Waals surface area (Å²) in [4.78, 5) is 31.4. The minimum Gasteiger partial charge on any atom is -0.324 e. The van der Waals surface area contributed by atoms with Crippen LogP contribution in [0.15, 0.2) is 48.5 Å². The van der Waals surface area contributed by atoms with Crippen molar-refractivity contribution in [1.29, 1.82) is 0 Å². The van der Waals surface area contributed by atoms with Gasteiger partial charge in [0.15, 0.2) is 0 Å². The van der Waals surface area contributed by atoms with Gasteiger partial charge in [0.2, 0.25) is 11.8 Å². The van der Waals surface area contributed by atoms with Crippen molar-refractivity contribution in [1.82, 2.24) is 9.80 Å². The van der Waals surface area contributed by atoms with Crippen molar-refractivity contribution in [3.63, 3.8) is 0 Å². The van der Waals surface area contributed by atoms with Gasteiger partial charge in [-0.2, -0.15) is 0 Å². The fourth-order valence-electron chi connectivity index (χ4n) is 4.21. The van der Waals surface area contributed by atoms with Crippen LogP contribution in [0.25, 0.3) is 0 Å². The molecule has 0 saturated carbocycles. The Labute approximate surface area is 176 Å². The summed E-state index contributed by atoms with van der Waals surface area (Å²) in [5.74, 6) is -0.256. The zero-order valence-electron chi connectivity index (χ0n) is 17.2. The Morgan fingerprint density at radius 1 is 1.03 bits per heavy atom. The van der Waals surface area contributed by atoms with Crippen LogP contribution < -0.4 is 10.2 Å². The monoisotopic (exact) mass is 410 g/mol. The van der Waals surface area contributed by atoms with Crippen LogP contribution in [0.3, 0.4) is 0 Å². The van der Waals surface area contributed by atoms with E-state index in [2.05, 4.69) is 15.1 Å². The molecule has 2 heterocycles. The van der Waals surface area contributed by atoms with Gasteiger partial charge >= 0.3 is 0 Å². The van der Waals surface area contributed by atoms with Gasteiger partial charge < -0.3 is 10.2 Å². The van der Waals surface area contributed by atoms with Gasteiger partial charge in [-0.15, -0.1) is 0 Å². The lowest BCUT2D eigenvalue weighted by atomic mass is 10.1. The summed E-state index contributed by atoms with van der Waals surface area (Å²) in [6.45, 7) is 5.87. The molecule has 1 atom stereocenters. The fraction of sp³-hybridized carbons (Fsp3) is 0.391. The average molecular weight is 410 g/mol. The highest BCUT2D eigenvalue weighted by Crippen LogP contribution is 2.31. The lowest BCUT2D eigenvalue weighted by Crippen LogP contribution is -2.51. The third-order valence-electron chi connectivity index (χ3n) is 5.80. The summed E-state index contributed by atoms with van der Waals surface area (Å²) in [7, 11) is 0. The molecule has 2 aliphatic heterocycles. The molecule has 7 heteroatoms. The van der Waals surface area contributed by atoms with Crippen molar-refractivity contribution >= 4 is 23.2 Å². The van der Waals surface area contributed by atoms with E-state index in [1.165, 1.54) is 6.07 Å². The lowest BCUT2D eigenvalue weighted by molar-refractivity contribution is -0.120. The first-order valence-electron chi connectivity index (χ1n) is 10.4. The number of hydrogen-bond acceptors (Lipinski definition) is 4. The Balaban J connectivity index is 1.38. The van der Waals surface area contributed by atoms with Crippen molar-refractivity contribution in [2.24, 2.45) is 0 Å². The van der Waals surface area contributed by atoms with Crippen molar-refractivity contribution < 1.29 is 14.0 Å². The van der Waals surface area contributed by atoms with Crippen LogP contribution >= 0.6 is 0 Å². The molecule has 0 aromatic heterocycles. The van der Waals surface area contributed by atoms with Crippen LogP contribution in [0.2, 0.25) is 0 Å². The number of fused-ring (bicyclic) bond motifs is 1. The summed E-state index contributed by atoms with van der Waals surface area (Å²) < 4.78 is 13.9. The van der Waals surface area contributed by atoms with Crippen LogP contribution in [-0.4, -0.2) is 60.4 Å². The fourth-order valence-corrected chi connectivity index (χ4v) is 4.21. The highest BCUT2D eigenvalue weighted by Gasteiger charge is 2.31. The first-order valence-corrected chi connectivity index (χ1v) is 10.4. The van der Waals surface area contributed by atoms with Gasteiger partial charge in [-0.1, -0.05) is 30.3 Å². The topological polar surface area (TPSA) is 55.9 Å². The largest absolute Gasteiger partial charge is 0.324 e. The maximum absolute atomic E-state index is 13.9. The molecule has 1 fully saturated rings. The molecule has 1 N–H and O–H groups in total. The number of anilines is 2. The Bertz CT molecular complexity index is 927. The van der Waals surface area contributed by atoms with Gasteiger partial charge in [0.1, 0.15) is 5.82 Å². The molecular formula is C23H27FN4O2. The van der Waals surface area contributed by atoms with Crippen molar-refractivity contribution in [3.8, 4) is 0 Å². The Kier molecular flexibility index (Phi) is 6.11. The molecule has 0 bridgehead atoms. The summed E-state index contributed by atoms with van der Waals surface area (Å²) >= 11 is 0. The first kappa shape index (κ1) is 20.5. The highest BCUT2D eigenvalue weighted by molar-refractivity contribution is 6.04. The van der Waals surface area contributed by atoms with Crippen LogP contribution in [0, 0.1) is 5.82 Å². The van der Waals surface area contributed by atoms with E-state index in [0.717, 1.165) is 31.9 Å². The molecule has 0 aliphatic carbocycles. The second-order valence-electron chi connectivity index (χ2n) is 8.03. The van der Waals surface area contributed by atoms with Gasteiger partial charge in [-0.25, -0.2) is 4.39 Å². The normalized spacial score (nSPS) is 20.4. The average Bonchev–Trinajstić information content (AvgIpc) is 2.85.